The highest BCUT2D eigenvalue weighted by atomic mass is 16.1. The van der Waals surface area contributed by atoms with Crippen LogP contribution in [0.4, 0.5) is 11.4 Å². The van der Waals surface area contributed by atoms with Crippen LogP contribution in [0.3, 0.4) is 0 Å². The summed E-state index contributed by atoms with van der Waals surface area (Å²) in [7, 11) is 0. The molecule has 0 saturated carbocycles. The van der Waals surface area contributed by atoms with E-state index in [9.17, 15) is 4.79 Å². The number of rotatable bonds is 5. The largest absolute Gasteiger partial charge is 0.356 e. The highest BCUT2D eigenvalue weighted by molar-refractivity contribution is 5.86. The first-order valence-corrected chi connectivity index (χ1v) is 6.09. The predicted octanol–water partition coefficient (Wildman–Crippen LogP) is 3.23. The lowest BCUT2D eigenvalue weighted by Gasteiger charge is -2.07. The van der Waals surface area contributed by atoms with Crippen molar-refractivity contribution in [3.63, 3.8) is 0 Å². The van der Waals surface area contributed by atoms with Gasteiger partial charge in [-0.05, 0) is 35.9 Å². The Bertz CT molecular complexity index is 547. The third-order valence-electron chi connectivity index (χ3n) is 2.67. The quantitative estimate of drug-likeness (QED) is 0.802. The molecule has 3 heteroatoms. The predicted molar refractivity (Wildman–Crippen MR) is 78.2 cm³/mol. The van der Waals surface area contributed by atoms with Crippen molar-refractivity contribution >= 4 is 17.3 Å². The summed E-state index contributed by atoms with van der Waals surface area (Å²) in [5, 5.41) is 6.04. The van der Waals surface area contributed by atoms with Gasteiger partial charge in [-0.2, -0.15) is 0 Å². The molecule has 1 amide bonds. The molecule has 0 bridgehead atoms. The van der Waals surface area contributed by atoms with Crippen molar-refractivity contribution in [1.82, 2.24) is 5.32 Å². The second kappa shape index (κ2) is 6.40. The smallest absolute Gasteiger partial charge is 0.243 e. The minimum absolute atomic E-state index is 0.161. The van der Waals surface area contributed by atoms with Crippen molar-refractivity contribution in [1.29, 1.82) is 0 Å². The number of amides is 1. The normalized spacial score (nSPS) is 9.68. The molecule has 0 saturated heterocycles. The maximum atomic E-state index is 11.1. The Hall–Kier alpha value is -2.55. The van der Waals surface area contributed by atoms with Crippen molar-refractivity contribution in [3.8, 4) is 0 Å². The number of anilines is 2. The maximum absolute atomic E-state index is 11.1. The van der Waals surface area contributed by atoms with Crippen LogP contribution in [0.25, 0.3) is 0 Å². The molecule has 0 atom stereocenters. The second-order valence-corrected chi connectivity index (χ2v) is 4.11. The van der Waals surface area contributed by atoms with E-state index < -0.39 is 0 Å². The summed E-state index contributed by atoms with van der Waals surface area (Å²) in [5.41, 5.74) is 3.12. The zero-order valence-electron chi connectivity index (χ0n) is 10.6. The van der Waals surface area contributed by atoms with Gasteiger partial charge in [0.25, 0.3) is 0 Å². The molecule has 0 unspecified atom stereocenters. The van der Waals surface area contributed by atoms with Gasteiger partial charge >= 0.3 is 0 Å². The molecule has 2 N–H and O–H groups in total. The van der Waals surface area contributed by atoms with Crippen molar-refractivity contribution < 1.29 is 4.79 Å². The van der Waals surface area contributed by atoms with Crippen LogP contribution >= 0.6 is 0 Å². The number of para-hydroxylation sites is 1. The number of benzene rings is 2. The zero-order valence-corrected chi connectivity index (χ0v) is 10.6. The fourth-order valence-corrected chi connectivity index (χ4v) is 1.66. The summed E-state index contributed by atoms with van der Waals surface area (Å²) in [6.45, 7) is 3.92. The minimum Gasteiger partial charge on any atom is -0.356 e. The van der Waals surface area contributed by atoms with Crippen LogP contribution in [0.5, 0.6) is 0 Å². The molecule has 2 aromatic rings. The van der Waals surface area contributed by atoms with E-state index in [1.807, 2.05) is 54.6 Å². The molecule has 3 nitrogen and oxygen atoms in total. The molecular formula is C16H16N2O. The van der Waals surface area contributed by atoms with Crippen molar-refractivity contribution in [2.24, 2.45) is 0 Å². The first kappa shape index (κ1) is 12.9. The summed E-state index contributed by atoms with van der Waals surface area (Å²) in [5.74, 6) is -0.161. The van der Waals surface area contributed by atoms with Gasteiger partial charge in [-0.3, -0.25) is 4.79 Å². The van der Waals surface area contributed by atoms with Gasteiger partial charge in [-0.25, -0.2) is 0 Å². The Kier molecular flexibility index (Phi) is 4.34. The highest BCUT2D eigenvalue weighted by Gasteiger charge is 1.97. The molecule has 2 rings (SSSR count). The van der Waals surface area contributed by atoms with E-state index in [1.165, 1.54) is 6.08 Å². The molecule has 0 aliphatic rings. The molecule has 0 heterocycles. The van der Waals surface area contributed by atoms with Crippen LogP contribution in [0, 0.1) is 0 Å². The lowest BCUT2D eigenvalue weighted by Crippen LogP contribution is -2.19. The van der Waals surface area contributed by atoms with Gasteiger partial charge in [0.2, 0.25) is 5.91 Å². The SMILES string of the molecule is C=CC(=O)NCc1ccc(Nc2ccccc2)cc1. The van der Waals surface area contributed by atoms with E-state index in [-0.39, 0.29) is 5.91 Å². The van der Waals surface area contributed by atoms with Gasteiger partial charge in [-0.1, -0.05) is 36.9 Å². The molecule has 0 aromatic heterocycles. The van der Waals surface area contributed by atoms with E-state index in [1.54, 1.807) is 0 Å². The fourth-order valence-electron chi connectivity index (χ4n) is 1.66. The number of carbonyl (C=O) groups excluding carboxylic acids is 1. The molecular weight excluding hydrogens is 236 g/mol. The third kappa shape index (κ3) is 4.00. The standard InChI is InChI=1S/C16H16N2O/c1-2-16(19)17-12-13-8-10-15(11-9-13)18-14-6-4-3-5-7-14/h2-11,18H,1,12H2,(H,17,19). The monoisotopic (exact) mass is 252 g/mol. The van der Waals surface area contributed by atoms with Gasteiger partial charge in [0.1, 0.15) is 0 Å². The van der Waals surface area contributed by atoms with Gasteiger partial charge in [-0.15, -0.1) is 0 Å². The fraction of sp³-hybridized carbons (Fsp3) is 0.0625. The van der Waals surface area contributed by atoms with E-state index in [4.69, 9.17) is 0 Å². The molecule has 0 aliphatic heterocycles. The molecule has 0 spiro atoms. The van der Waals surface area contributed by atoms with E-state index >= 15 is 0 Å². The van der Waals surface area contributed by atoms with Gasteiger partial charge in [0, 0.05) is 17.9 Å². The number of hydrogen-bond acceptors (Lipinski definition) is 2. The summed E-state index contributed by atoms with van der Waals surface area (Å²) in [6.07, 6.45) is 1.27. The minimum atomic E-state index is -0.161. The Labute approximate surface area is 113 Å². The summed E-state index contributed by atoms with van der Waals surface area (Å²) in [4.78, 5) is 11.1. The summed E-state index contributed by atoms with van der Waals surface area (Å²) < 4.78 is 0. The van der Waals surface area contributed by atoms with Crippen LogP contribution in [-0.2, 0) is 11.3 Å². The van der Waals surface area contributed by atoms with Crippen molar-refractivity contribution in [2.45, 2.75) is 6.54 Å². The Morgan fingerprint density at radius 2 is 1.63 bits per heavy atom. The van der Waals surface area contributed by atoms with Crippen LogP contribution in [-0.4, -0.2) is 5.91 Å². The van der Waals surface area contributed by atoms with Gasteiger partial charge < -0.3 is 10.6 Å². The van der Waals surface area contributed by atoms with E-state index in [0.717, 1.165) is 16.9 Å². The topological polar surface area (TPSA) is 41.1 Å². The van der Waals surface area contributed by atoms with Crippen LogP contribution < -0.4 is 10.6 Å². The lowest BCUT2D eigenvalue weighted by molar-refractivity contribution is -0.116. The number of carbonyl (C=O) groups is 1. The molecule has 19 heavy (non-hydrogen) atoms. The molecule has 96 valence electrons. The maximum Gasteiger partial charge on any atom is 0.243 e. The first-order valence-electron chi connectivity index (χ1n) is 6.09. The van der Waals surface area contributed by atoms with Gasteiger partial charge in [0.15, 0.2) is 0 Å². The average molecular weight is 252 g/mol. The molecule has 0 fully saturated rings. The van der Waals surface area contributed by atoms with Crippen molar-refractivity contribution in [2.75, 3.05) is 5.32 Å². The summed E-state index contributed by atoms with van der Waals surface area (Å²) in [6, 6.07) is 17.9. The number of hydrogen-bond donors (Lipinski definition) is 2. The average Bonchev–Trinajstić information content (AvgIpc) is 2.47. The van der Waals surface area contributed by atoms with Crippen LogP contribution in [0.15, 0.2) is 67.3 Å². The van der Waals surface area contributed by atoms with E-state index in [2.05, 4.69) is 17.2 Å². The Balaban J connectivity index is 1.95. The zero-order chi connectivity index (χ0) is 13.5. The third-order valence-corrected chi connectivity index (χ3v) is 2.67. The summed E-state index contributed by atoms with van der Waals surface area (Å²) >= 11 is 0. The highest BCUT2D eigenvalue weighted by Crippen LogP contribution is 2.16. The Morgan fingerprint density at radius 3 is 2.26 bits per heavy atom. The van der Waals surface area contributed by atoms with Crippen molar-refractivity contribution in [3.05, 3.63) is 72.8 Å². The Morgan fingerprint density at radius 1 is 1.00 bits per heavy atom. The second-order valence-electron chi connectivity index (χ2n) is 4.11. The molecule has 0 aliphatic carbocycles. The molecule has 0 radical (unpaired) electrons. The first-order chi connectivity index (χ1) is 9.28. The number of nitrogens with one attached hydrogen (secondary N) is 2. The molecule has 2 aromatic carbocycles. The van der Waals surface area contributed by atoms with Crippen LogP contribution in [0.2, 0.25) is 0 Å². The van der Waals surface area contributed by atoms with Crippen LogP contribution in [0.1, 0.15) is 5.56 Å². The van der Waals surface area contributed by atoms with Gasteiger partial charge in [0.05, 0.1) is 0 Å². The lowest BCUT2D eigenvalue weighted by atomic mass is 10.2. The van der Waals surface area contributed by atoms with E-state index in [0.29, 0.717) is 6.54 Å².